The molecule has 0 fully saturated rings. The topological polar surface area (TPSA) is 79.8 Å². The number of oxime groups is 1. The van der Waals surface area contributed by atoms with Gasteiger partial charge in [0.15, 0.2) is 0 Å². The van der Waals surface area contributed by atoms with E-state index in [9.17, 15) is 9.59 Å². The number of amides is 2. The highest BCUT2D eigenvalue weighted by molar-refractivity contribution is 6.30. The SMILES string of the molecule is O=C(Cc1ccccc1)NC/C=N\OC(=O)Nc1cccc(Cl)c1. The molecule has 2 rings (SSSR count). The summed E-state index contributed by atoms with van der Waals surface area (Å²) in [6.45, 7) is 0.163. The van der Waals surface area contributed by atoms with E-state index >= 15 is 0 Å². The molecule has 24 heavy (non-hydrogen) atoms. The van der Waals surface area contributed by atoms with E-state index in [0.29, 0.717) is 10.7 Å². The maximum absolute atomic E-state index is 11.7. The third-order valence-electron chi connectivity index (χ3n) is 2.88. The standard InChI is InChI=1S/C17H16ClN3O3/c18-14-7-4-8-15(12-14)21-17(23)24-20-10-9-19-16(22)11-13-5-2-1-3-6-13/h1-8,10,12H,9,11H2,(H,19,22)(H,21,23)/b20-10-. The minimum atomic E-state index is -0.746. The van der Waals surface area contributed by atoms with Crippen molar-refractivity contribution in [2.45, 2.75) is 6.42 Å². The van der Waals surface area contributed by atoms with Crippen molar-refractivity contribution >= 4 is 35.5 Å². The Labute approximate surface area is 144 Å². The van der Waals surface area contributed by atoms with Crippen LogP contribution < -0.4 is 10.6 Å². The summed E-state index contributed by atoms with van der Waals surface area (Å²) in [5.74, 6) is -0.143. The Balaban J connectivity index is 1.65. The number of carbonyl (C=O) groups is 2. The van der Waals surface area contributed by atoms with Gasteiger partial charge in [0.2, 0.25) is 5.91 Å². The van der Waals surface area contributed by atoms with Crippen molar-refractivity contribution in [2.75, 3.05) is 11.9 Å². The fraction of sp³-hybridized carbons (Fsp3) is 0.118. The zero-order chi connectivity index (χ0) is 17.2. The van der Waals surface area contributed by atoms with E-state index in [4.69, 9.17) is 11.6 Å². The second-order valence-electron chi connectivity index (χ2n) is 4.77. The van der Waals surface area contributed by atoms with Gasteiger partial charge in [-0.25, -0.2) is 4.79 Å². The zero-order valence-corrected chi connectivity index (χ0v) is 13.5. The number of carbonyl (C=O) groups excluding carboxylic acids is 2. The summed E-state index contributed by atoms with van der Waals surface area (Å²) in [6.07, 6.45) is 0.828. The van der Waals surface area contributed by atoms with Gasteiger partial charge in [0.05, 0.1) is 19.2 Å². The van der Waals surface area contributed by atoms with Crippen molar-refractivity contribution < 1.29 is 14.4 Å². The maximum atomic E-state index is 11.7. The summed E-state index contributed by atoms with van der Waals surface area (Å²) in [7, 11) is 0. The molecule has 0 aromatic heterocycles. The lowest BCUT2D eigenvalue weighted by Crippen LogP contribution is -2.26. The number of nitrogens with zero attached hydrogens (tertiary/aromatic N) is 1. The van der Waals surface area contributed by atoms with E-state index < -0.39 is 6.09 Å². The fourth-order valence-electron chi connectivity index (χ4n) is 1.83. The summed E-state index contributed by atoms with van der Waals surface area (Å²) < 4.78 is 0. The highest BCUT2D eigenvalue weighted by Crippen LogP contribution is 2.14. The number of hydrogen-bond donors (Lipinski definition) is 2. The summed E-state index contributed by atoms with van der Waals surface area (Å²) in [4.78, 5) is 27.8. The molecule has 0 aliphatic carbocycles. The van der Waals surface area contributed by atoms with Crippen molar-refractivity contribution in [1.82, 2.24) is 5.32 Å². The van der Waals surface area contributed by atoms with Crippen LogP contribution in [0.4, 0.5) is 10.5 Å². The predicted octanol–water partition coefficient (Wildman–Crippen LogP) is 3.23. The first kappa shape index (κ1) is 17.5. The molecule has 0 aliphatic heterocycles. The van der Waals surface area contributed by atoms with Crippen LogP contribution >= 0.6 is 11.6 Å². The van der Waals surface area contributed by atoms with Crippen LogP contribution in [0.25, 0.3) is 0 Å². The Kier molecular flexibility index (Phi) is 6.79. The van der Waals surface area contributed by atoms with Crippen LogP contribution in [-0.4, -0.2) is 24.8 Å². The Morgan fingerprint density at radius 3 is 2.67 bits per heavy atom. The average molecular weight is 346 g/mol. The molecule has 0 heterocycles. The minimum absolute atomic E-state index is 0.143. The molecule has 0 bridgehead atoms. The van der Waals surface area contributed by atoms with Crippen LogP contribution in [0, 0.1) is 0 Å². The predicted molar refractivity (Wildman–Crippen MR) is 93.2 cm³/mol. The molecule has 0 saturated carbocycles. The smallest absolute Gasteiger partial charge is 0.351 e. The molecule has 7 heteroatoms. The molecule has 0 aliphatic rings. The molecule has 0 unspecified atom stereocenters. The van der Waals surface area contributed by atoms with E-state index in [-0.39, 0.29) is 18.9 Å². The number of nitrogens with one attached hydrogen (secondary N) is 2. The molecular formula is C17H16ClN3O3. The van der Waals surface area contributed by atoms with Gasteiger partial charge in [-0.2, -0.15) is 0 Å². The summed E-state index contributed by atoms with van der Waals surface area (Å²) in [6, 6.07) is 16.0. The van der Waals surface area contributed by atoms with Crippen molar-refractivity contribution in [2.24, 2.45) is 5.16 Å². The lowest BCUT2D eigenvalue weighted by Gasteiger charge is -2.03. The molecule has 2 N–H and O–H groups in total. The molecule has 0 radical (unpaired) electrons. The largest absolute Gasteiger partial charge is 0.437 e. The lowest BCUT2D eigenvalue weighted by molar-refractivity contribution is -0.120. The summed E-state index contributed by atoms with van der Waals surface area (Å²) in [5.41, 5.74) is 1.42. The van der Waals surface area contributed by atoms with E-state index in [2.05, 4.69) is 20.6 Å². The first-order valence-corrected chi connectivity index (χ1v) is 7.57. The minimum Gasteiger partial charge on any atom is -0.351 e. The van der Waals surface area contributed by atoms with Crippen LogP contribution in [0.3, 0.4) is 0 Å². The molecule has 0 spiro atoms. The third-order valence-corrected chi connectivity index (χ3v) is 3.11. The van der Waals surface area contributed by atoms with Crippen molar-refractivity contribution in [3.05, 3.63) is 65.2 Å². The first-order valence-electron chi connectivity index (χ1n) is 7.19. The second-order valence-corrected chi connectivity index (χ2v) is 5.20. The van der Waals surface area contributed by atoms with Crippen LogP contribution in [-0.2, 0) is 16.1 Å². The number of hydrogen-bond acceptors (Lipinski definition) is 4. The summed E-state index contributed by atoms with van der Waals surface area (Å²) >= 11 is 5.80. The third kappa shape index (κ3) is 6.50. The molecule has 6 nitrogen and oxygen atoms in total. The molecule has 0 atom stereocenters. The summed E-state index contributed by atoms with van der Waals surface area (Å²) in [5, 5.41) is 9.09. The monoisotopic (exact) mass is 345 g/mol. The fourth-order valence-corrected chi connectivity index (χ4v) is 2.02. The average Bonchev–Trinajstić information content (AvgIpc) is 2.55. The number of anilines is 1. The van der Waals surface area contributed by atoms with Crippen LogP contribution in [0.5, 0.6) is 0 Å². The normalized spacial score (nSPS) is 10.4. The van der Waals surface area contributed by atoms with Crippen LogP contribution in [0.1, 0.15) is 5.56 Å². The molecular weight excluding hydrogens is 330 g/mol. The van der Waals surface area contributed by atoms with Crippen molar-refractivity contribution in [3.8, 4) is 0 Å². The van der Waals surface area contributed by atoms with E-state index in [0.717, 1.165) is 5.56 Å². The van der Waals surface area contributed by atoms with Gasteiger partial charge in [0.1, 0.15) is 0 Å². The number of rotatable bonds is 6. The Hall–Kier alpha value is -2.86. The Morgan fingerprint density at radius 2 is 1.92 bits per heavy atom. The van der Waals surface area contributed by atoms with Crippen molar-refractivity contribution in [3.63, 3.8) is 0 Å². The number of halogens is 1. The van der Waals surface area contributed by atoms with E-state index in [1.807, 2.05) is 30.3 Å². The lowest BCUT2D eigenvalue weighted by atomic mass is 10.1. The molecule has 2 amide bonds. The van der Waals surface area contributed by atoms with Gasteiger partial charge in [-0.15, -0.1) is 0 Å². The Morgan fingerprint density at radius 1 is 1.12 bits per heavy atom. The highest BCUT2D eigenvalue weighted by Gasteiger charge is 2.03. The molecule has 2 aromatic rings. The molecule has 124 valence electrons. The van der Waals surface area contributed by atoms with E-state index in [1.165, 1.54) is 6.21 Å². The van der Waals surface area contributed by atoms with Crippen LogP contribution in [0.2, 0.25) is 5.02 Å². The first-order chi connectivity index (χ1) is 11.6. The van der Waals surface area contributed by atoms with Gasteiger partial charge >= 0.3 is 6.09 Å². The van der Waals surface area contributed by atoms with Gasteiger partial charge in [0.25, 0.3) is 0 Å². The second kappa shape index (κ2) is 9.32. The van der Waals surface area contributed by atoms with Crippen molar-refractivity contribution in [1.29, 1.82) is 0 Å². The van der Waals surface area contributed by atoms with E-state index in [1.54, 1.807) is 24.3 Å². The quantitative estimate of drug-likeness (QED) is 0.479. The molecule has 0 saturated heterocycles. The zero-order valence-electron chi connectivity index (χ0n) is 12.7. The van der Waals surface area contributed by atoms with Gasteiger partial charge in [0, 0.05) is 10.7 Å². The van der Waals surface area contributed by atoms with Gasteiger partial charge in [-0.05, 0) is 23.8 Å². The van der Waals surface area contributed by atoms with Gasteiger partial charge in [-0.1, -0.05) is 53.2 Å². The van der Waals surface area contributed by atoms with Crippen LogP contribution in [0.15, 0.2) is 59.8 Å². The maximum Gasteiger partial charge on any atom is 0.437 e. The highest BCUT2D eigenvalue weighted by atomic mass is 35.5. The van der Waals surface area contributed by atoms with Gasteiger partial charge < -0.3 is 5.32 Å². The molecule has 2 aromatic carbocycles. The Bertz CT molecular complexity index is 720. The van der Waals surface area contributed by atoms with Gasteiger partial charge in [-0.3, -0.25) is 14.9 Å². The number of benzene rings is 2.